The zero-order valence-electron chi connectivity index (χ0n) is 11.2. The van der Waals surface area contributed by atoms with Gasteiger partial charge in [0.2, 0.25) is 5.91 Å². The minimum Gasteiger partial charge on any atom is -0.355 e. The predicted octanol–water partition coefficient (Wildman–Crippen LogP) is 0.738. The van der Waals surface area contributed by atoms with Gasteiger partial charge in [0.15, 0.2) is 0 Å². The van der Waals surface area contributed by atoms with E-state index in [1.54, 1.807) is 29.1 Å². The van der Waals surface area contributed by atoms with Gasteiger partial charge in [-0.3, -0.25) is 9.59 Å². The van der Waals surface area contributed by atoms with E-state index < -0.39 is 0 Å². The Morgan fingerprint density at radius 1 is 1.20 bits per heavy atom. The SMILES string of the molecule is CC(=O)NCCNC(=O)c1cccc(-n2cccn2)c1. The van der Waals surface area contributed by atoms with Gasteiger partial charge in [0, 0.05) is 38.0 Å². The number of carbonyl (C=O) groups excluding carboxylic acids is 2. The molecule has 2 aromatic rings. The van der Waals surface area contributed by atoms with Gasteiger partial charge >= 0.3 is 0 Å². The van der Waals surface area contributed by atoms with E-state index in [0.717, 1.165) is 5.69 Å². The summed E-state index contributed by atoms with van der Waals surface area (Å²) in [5, 5.41) is 9.48. The maximum Gasteiger partial charge on any atom is 0.251 e. The summed E-state index contributed by atoms with van der Waals surface area (Å²) in [5.41, 5.74) is 1.38. The maximum atomic E-state index is 12.0. The van der Waals surface area contributed by atoms with Gasteiger partial charge in [-0.2, -0.15) is 5.10 Å². The molecule has 0 saturated carbocycles. The highest BCUT2D eigenvalue weighted by Gasteiger charge is 2.06. The molecule has 0 radical (unpaired) electrons. The molecule has 1 aromatic carbocycles. The summed E-state index contributed by atoms with van der Waals surface area (Å²) in [4.78, 5) is 22.7. The van der Waals surface area contributed by atoms with Gasteiger partial charge in [0.25, 0.3) is 5.91 Å². The molecule has 104 valence electrons. The van der Waals surface area contributed by atoms with Crippen molar-refractivity contribution in [3.63, 3.8) is 0 Å². The first kappa shape index (κ1) is 13.8. The van der Waals surface area contributed by atoms with Crippen LogP contribution in [0, 0.1) is 0 Å². The third-order valence-electron chi connectivity index (χ3n) is 2.66. The number of nitrogens with zero attached hydrogens (tertiary/aromatic N) is 2. The summed E-state index contributed by atoms with van der Waals surface area (Å²) in [6.07, 6.45) is 3.49. The minimum absolute atomic E-state index is 0.111. The number of aromatic nitrogens is 2. The van der Waals surface area contributed by atoms with Crippen molar-refractivity contribution in [2.45, 2.75) is 6.92 Å². The van der Waals surface area contributed by atoms with E-state index in [2.05, 4.69) is 15.7 Å². The van der Waals surface area contributed by atoms with Crippen molar-refractivity contribution in [2.75, 3.05) is 13.1 Å². The molecule has 1 heterocycles. The Kier molecular flexibility index (Phi) is 4.49. The molecule has 0 saturated heterocycles. The van der Waals surface area contributed by atoms with Crippen molar-refractivity contribution in [1.29, 1.82) is 0 Å². The Labute approximate surface area is 116 Å². The predicted molar refractivity (Wildman–Crippen MR) is 74.6 cm³/mol. The van der Waals surface area contributed by atoms with E-state index in [9.17, 15) is 9.59 Å². The monoisotopic (exact) mass is 272 g/mol. The lowest BCUT2D eigenvalue weighted by atomic mass is 10.2. The Morgan fingerprint density at radius 3 is 2.70 bits per heavy atom. The molecule has 0 aliphatic rings. The summed E-state index contributed by atoms with van der Waals surface area (Å²) < 4.78 is 1.69. The molecule has 0 fully saturated rings. The van der Waals surface area contributed by atoms with Crippen molar-refractivity contribution in [3.05, 3.63) is 48.3 Å². The van der Waals surface area contributed by atoms with Crippen molar-refractivity contribution >= 4 is 11.8 Å². The van der Waals surface area contributed by atoms with Gasteiger partial charge in [-0.15, -0.1) is 0 Å². The van der Waals surface area contributed by atoms with Crippen LogP contribution in [0.5, 0.6) is 0 Å². The number of rotatable bonds is 5. The van der Waals surface area contributed by atoms with Crippen LogP contribution in [-0.4, -0.2) is 34.7 Å². The minimum atomic E-state index is -0.177. The molecule has 0 bridgehead atoms. The Bertz CT molecular complexity index is 593. The maximum absolute atomic E-state index is 12.0. The summed E-state index contributed by atoms with van der Waals surface area (Å²) in [6.45, 7) is 2.25. The third kappa shape index (κ3) is 3.68. The molecular formula is C14H16N4O2. The summed E-state index contributed by atoms with van der Waals surface area (Å²) in [5.74, 6) is -0.288. The normalized spacial score (nSPS) is 10.1. The molecule has 20 heavy (non-hydrogen) atoms. The number of hydrogen-bond donors (Lipinski definition) is 2. The van der Waals surface area contributed by atoms with Crippen LogP contribution in [0.15, 0.2) is 42.7 Å². The van der Waals surface area contributed by atoms with E-state index in [4.69, 9.17) is 0 Å². The fourth-order valence-electron chi connectivity index (χ4n) is 1.73. The molecule has 0 aliphatic carbocycles. The lowest BCUT2D eigenvalue weighted by Crippen LogP contribution is -2.33. The van der Waals surface area contributed by atoms with E-state index in [1.807, 2.05) is 18.3 Å². The number of nitrogens with one attached hydrogen (secondary N) is 2. The van der Waals surface area contributed by atoms with Gasteiger partial charge in [0.05, 0.1) is 5.69 Å². The molecule has 2 N–H and O–H groups in total. The molecule has 2 amide bonds. The first-order chi connectivity index (χ1) is 9.66. The zero-order valence-corrected chi connectivity index (χ0v) is 11.2. The standard InChI is InChI=1S/C14H16N4O2/c1-11(19)15-7-8-16-14(20)12-4-2-5-13(10-12)18-9-3-6-17-18/h2-6,9-10H,7-8H2,1H3,(H,15,19)(H,16,20). The largest absolute Gasteiger partial charge is 0.355 e. The van der Waals surface area contributed by atoms with Crippen LogP contribution in [0.4, 0.5) is 0 Å². The highest BCUT2D eigenvalue weighted by Crippen LogP contribution is 2.09. The van der Waals surface area contributed by atoms with E-state index >= 15 is 0 Å². The van der Waals surface area contributed by atoms with Crippen LogP contribution in [0.25, 0.3) is 5.69 Å². The number of hydrogen-bond acceptors (Lipinski definition) is 3. The zero-order chi connectivity index (χ0) is 14.4. The van der Waals surface area contributed by atoms with Crippen LogP contribution in [0.2, 0.25) is 0 Å². The summed E-state index contributed by atoms with van der Waals surface area (Å²) in [6, 6.07) is 9.00. The summed E-state index contributed by atoms with van der Waals surface area (Å²) >= 11 is 0. The van der Waals surface area contributed by atoms with E-state index in [-0.39, 0.29) is 11.8 Å². The van der Waals surface area contributed by atoms with Gasteiger partial charge in [-0.25, -0.2) is 4.68 Å². The molecule has 6 heteroatoms. The summed E-state index contributed by atoms with van der Waals surface area (Å²) in [7, 11) is 0. The number of benzene rings is 1. The highest BCUT2D eigenvalue weighted by atomic mass is 16.2. The lowest BCUT2D eigenvalue weighted by Gasteiger charge is -2.07. The van der Waals surface area contributed by atoms with Crippen LogP contribution >= 0.6 is 0 Å². The van der Waals surface area contributed by atoms with Gasteiger partial charge < -0.3 is 10.6 Å². The number of amides is 2. The smallest absolute Gasteiger partial charge is 0.251 e. The fourth-order valence-corrected chi connectivity index (χ4v) is 1.73. The van der Waals surface area contributed by atoms with Crippen LogP contribution in [-0.2, 0) is 4.79 Å². The van der Waals surface area contributed by atoms with E-state index in [0.29, 0.717) is 18.7 Å². The second-order valence-corrected chi connectivity index (χ2v) is 4.24. The Balaban J connectivity index is 1.96. The average Bonchev–Trinajstić information content (AvgIpc) is 2.97. The molecule has 6 nitrogen and oxygen atoms in total. The molecule has 1 aromatic heterocycles. The van der Waals surface area contributed by atoms with Crippen molar-refractivity contribution < 1.29 is 9.59 Å². The molecule has 0 aliphatic heterocycles. The average molecular weight is 272 g/mol. The quantitative estimate of drug-likeness (QED) is 0.788. The van der Waals surface area contributed by atoms with Crippen molar-refractivity contribution in [1.82, 2.24) is 20.4 Å². The van der Waals surface area contributed by atoms with E-state index in [1.165, 1.54) is 6.92 Å². The molecule has 0 unspecified atom stereocenters. The van der Waals surface area contributed by atoms with Crippen LogP contribution in [0.3, 0.4) is 0 Å². The van der Waals surface area contributed by atoms with Crippen LogP contribution in [0.1, 0.15) is 17.3 Å². The molecule has 0 atom stereocenters. The lowest BCUT2D eigenvalue weighted by molar-refractivity contribution is -0.118. The Hall–Kier alpha value is -2.63. The first-order valence-electron chi connectivity index (χ1n) is 6.29. The first-order valence-corrected chi connectivity index (χ1v) is 6.29. The number of carbonyl (C=O) groups is 2. The second-order valence-electron chi connectivity index (χ2n) is 4.24. The molecule has 0 spiro atoms. The molecule has 2 rings (SSSR count). The Morgan fingerprint density at radius 2 is 2.00 bits per heavy atom. The topological polar surface area (TPSA) is 76.0 Å². The van der Waals surface area contributed by atoms with Crippen molar-refractivity contribution in [2.24, 2.45) is 0 Å². The van der Waals surface area contributed by atoms with Gasteiger partial charge in [-0.05, 0) is 24.3 Å². The third-order valence-corrected chi connectivity index (χ3v) is 2.66. The fraction of sp³-hybridized carbons (Fsp3) is 0.214. The van der Waals surface area contributed by atoms with Gasteiger partial charge in [0.1, 0.15) is 0 Å². The second kappa shape index (κ2) is 6.51. The van der Waals surface area contributed by atoms with Gasteiger partial charge in [-0.1, -0.05) is 6.07 Å². The molecular weight excluding hydrogens is 256 g/mol. The van der Waals surface area contributed by atoms with Crippen molar-refractivity contribution in [3.8, 4) is 5.69 Å². The highest BCUT2D eigenvalue weighted by molar-refractivity contribution is 5.94. The van der Waals surface area contributed by atoms with Crippen LogP contribution < -0.4 is 10.6 Å².